The van der Waals surface area contributed by atoms with Crippen LogP contribution in [0.25, 0.3) is 0 Å². The first-order valence-corrected chi connectivity index (χ1v) is 10.7. The Kier molecular flexibility index (Phi) is 5.43. The van der Waals surface area contributed by atoms with Crippen LogP contribution in [0.3, 0.4) is 0 Å². The van der Waals surface area contributed by atoms with Crippen molar-refractivity contribution >= 4 is 21.7 Å². The predicted octanol–water partition coefficient (Wildman–Crippen LogP) is 3.47. The highest BCUT2D eigenvalue weighted by atomic mass is 32.2. The number of carbonyl (C=O) groups is 1. The lowest BCUT2D eigenvalue weighted by atomic mass is 10.2. The molecule has 0 aliphatic carbocycles. The van der Waals surface area contributed by atoms with E-state index in [1.807, 2.05) is 0 Å². The maximum atomic E-state index is 13.0. The number of carbonyl (C=O) groups excluding carboxylic acids is 1. The highest BCUT2D eigenvalue weighted by Gasteiger charge is 2.24. The number of hydrogen-bond donors (Lipinski definition) is 0. The average molecular weight is 441 g/mol. The number of sulfonamides is 1. The molecule has 1 heterocycles. The van der Waals surface area contributed by atoms with E-state index < -0.39 is 16.0 Å². The van der Waals surface area contributed by atoms with Crippen LogP contribution in [0.5, 0.6) is 23.0 Å². The number of nitrogens with zero attached hydrogens (tertiary/aromatic N) is 1. The van der Waals surface area contributed by atoms with Crippen LogP contribution in [-0.4, -0.2) is 35.3 Å². The Labute approximate surface area is 179 Å². The number of ether oxygens (including phenoxy) is 4. The number of rotatable bonds is 6. The van der Waals surface area contributed by atoms with Gasteiger partial charge in [-0.15, -0.1) is 0 Å². The monoisotopic (exact) mass is 441 g/mol. The van der Waals surface area contributed by atoms with Crippen molar-refractivity contribution in [1.82, 2.24) is 0 Å². The second-order valence-electron chi connectivity index (χ2n) is 6.57. The van der Waals surface area contributed by atoms with Crippen molar-refractivity contribution in [3.05, 3.63) is 72.3 Å². The molecule has 0 radical (unpaired) electrons. The Hall–Kier alpha value is -3.72. The van der Waals surface area contributed by atoms with Gasteiger partial charge in [-0.3, -0.25) is 4.31 Å². The summed E-state index contributed by atoms with van der Waals surface area (Å²) in [4.78, 5) is 12.5. The molecule has 3 aromatic carbocycles. The van der Waals surface area contributed by atoms with Gasteiger partial charge in [0.25, 0.3) is 10.0 Å². The van der Waals surface area contributed by atoms with Crippen molar-refractivity contribution in [2.45, 2.75) is 4.90 Å². The minimum absolute atomic E-state index is 0.0283. The summed E-state index contributed by atoms with van der Waals surface area (Å²) in [6, 6.07) is 17.1. The summed E-state index contributed by atoms with van der Waals surface area (Å²) in [5.74, 6) is 1.17. The quantitative estimate of drug-likeness (QED) is 0.427. The molecular weight excluding hydrogens is 422 g/mol. The first-order valence-electron chi connectivity index (χ1n) is 9.24. The normalized spacial score (nSPS) is 12.3. The van der Waals surface area contributed by atoms with Gasteiger partial charge in [-0.25, -0.2) is 13.2 Å². The predicted molar refractivity (Wildman–Crippen MR) is 113 cm³/mol. The molecular formula is C22H19NO7S. The maximum absolute atomic E-state index is 13.0. The fraction of sp³-hybridized carbons (Fsp3) is 0.136. The Balaban J connectivity index is 1.52. The highest BCUT2D eigenvalue weighted by molar-refractivity contribution is 7.92. The summed E-state index contributed by atoms with van der Waals surface area (Å²) >= 11 is 0. The van der Waals surface area contributed by atoms with Gasteiger partial charge in [0.2, 0.25) is 6.79 Å². The molecule has 9 heteroatoms. The first-order chi connectivity index (χ1) is 14.9. The standard InChI is InChI=1S/C22H19NO7S/c1-23(18-5-3-4-6-19(18)27-2)31(25,26)17-10-7-15(8-11-17)22(24)30-16-9-12-20-21(13-16)29-14-28-20/h3-13H,14H2,1-2H3. The number of fused-ring (bicyclic) bond motifs is 1. The molecule has 0 saturated heterocycles. The third kappa shape index (κ3) is 3.99. The van der Waals surface area contributed by atoms with E-state index in [1.165, 1.54) is 38.4 Å². The summed E-state index contributed by atoms with van der Waals surface area (Å²) in [5, 5.41) is 0. The van der Waals surface area contributed by atoms with E-state index in [-0.39, 0.29) is 17.3 Å². The van der Waals surface area contributed by atoms with Gasteiger partial charge in [-0.1, -0.05) is 12.1 Å². The zero-order valence-corrected chi connectivity index (χ0v) is 17.6. The number of para-hydroxylation sites is 2. The molecule has 0 unspecified atom stereocenters. The number of methoxy groups -OCH3 is 1. The van der Waals surface area contributed by atoms with Crippen molar-refractivity contribution in [2.75, 3.05) is 25.3 Å². The average Bonchev–Trinajstić information content (AvgIpc) is 3.26. The van der Waals surface area contributed by atoms with E-state index in [0.29, 0.717) is 28.7 Å². The van der Waals surface area contributed by atoms with Gasteiger partial charge < -0.3 is 18.9 Å². The lowest BCUT2D eigenvalue weighted by molar-refractivity contribution is 0.0734. The van der Waals surface area contributed by atoms with Gasteiger partial charge in [0.15, 0.2) is 11.5 Å². The van der Waals surface area contributed by atoms with E-state index in [2.05, 4.69) is 0 Å². The topological polar surface area (TPSA) is 91.4 Å². The van der Waals surface area contributed by atoms with Crippen LogP contribution in [0, 0.1) is 0 Å². The second-order valence-corrected chi connectivity index (χ2v) is 8.54. The third-order valence-electron chi connectivity index (χ3n) is 4.73. The maximum Gasteiger partial charge on any atom is 0.343 e. The fourth-order valence-electron chi connectivity index (χ4n) is 3.05. The Morgan fingerprint density at radius 2 is 1.68 bits per heavy atom. The summed E-state index contributed by atoms with van der Waals surface area (Å²) in [6.45, 7) is 0.117. The van der Waals surface area contributed by atoms with Crippen LogP contribution in [-0.2, 0) is 10.0 Å². The number of hydrogen-bond acceptors (Lipinski definition) is 7. The molecule has 8 nitrogen and oxygen atoms in total. The SMILES string of the molecule is COc1ccccc1N(C)S(=O)(=O)c1ccc(C(=O)Oc2ccc3c(c2)OCO3)cc1. The van der Waals surface area contributed by atoms with E-state index in [1.54, 1.807) is 42.5 Å². The zero-order chi connectivity index (χ0) is 22.0. The van der Waals surface area contributed by atoms with Gasteiger partial charge >= 0.3 is 5.97 Å². The molecule has 0 spiro atoms. The molecule has 0 amide bonds. The number of esters is 1. The Morgan fingerprint density at radius 1 is 0.968 bits per heavy atom. The van der Waals surface area contributed by atoms with Crippen molar-refractivity contribution in [2.24, 2.45) is 0 Å². The summed E-state index contributed by atoms with van der Waals surface area (Å²) in [6.07, 6.45) is 0. The fourth-order valence-corrected chi connectivity index (χ4v) is 4.25. The van der Waals surface area contributed by atoms with Gasteiger partial charge in [0.1, 0.15) is 11.5 Å². The van der Waals surface area contributed by atoms with Crippen LogP contribution in [0.4, 0.5) is 5.69 Å². The lowest BCUT2D eigenvalue weighted by Gasteiger charge is -2.21. The van der Waals surface area contributed by atoms with Crippen LogP contribution >= 0.6 is 0 Å². The van der Waals surface area contributed by atoms with Gasteiger partial charge in [0, 0.05) is 13.1 Å². The van der Waals surface area contributed by atoms with E-state index in [0.717, 1.165) is 4.31 Å². The molecule has 31 heavy (non-hydrogen) atoms. The second kappa shape index (κ2) is 8.19. The number of anilines is 1. The lowest BCUT2D eigenvalue weighted by Crippen LogP contribution is -2.27. The summed E-state index contributed by atoms with van der Waals surface area (Å²) in [7, 11) is -0.950. The molecule has 0 atom stereocenters. The van der Waals surface area contributed by atoms with Crippen molar-refractivity contribution in [1.29, 1.82) is 0 Å². The largest absolute Gasteiger partial charge is 0.495 e. The molecule has 1 aliphatic rings. The molecule has 0 saturated carbocycles. The Bertz CT molecular complexity index is 1220. The summed E-state index contributed by atoms with van der Waals surface area (Å²) in [5.41, 5.74) is 0.604. The van der Waals surface area contributed by atoms with Crippen LogP contribution < -0.4 is 23.3 Å². The summed E-state index contributed by atoms with van der Waals surface area (Å²) < 4.78 is 48.2. The molecule has 3 aromatic rings. The Morgan fingerprint density at radius 3 is 2.42 bits per heavy atom. The number of benzene rings is 3. The highest BCUT2D eigenvalue weighted by Crippen LogP contribution is 2.35. The van der Waals surface area contributed by atoms with Crippen LogP contribution in [0.15, 0.2) is 71.6 Å². The third-order valence-corrected chi connectivity index (χ3v) is 6.51. The molecule has 0 bridgehead atoms. The molecule has 4 rings (SSSR count). The van der Waals surface area contributed by atoms with Gasteiger partial charge in [-0.2, -0.15) is 0 Å². The van der Waals surface area contributed by atoms with Gasteiger partial charge in [0.05, 0.1) is 23.3 Å². The van der Waals surface area contributed by atoms with Crippen LogP contribution in [0.1, 0.15) is 10.4 Å². The van der Waals surface area contributed by atoms with Crippen molar-refractivity contribution in [3.8, 4) is 23.0 Å². The minimum Gasteiger partial charge on any atom is -0.495 e. The van der Waals surface area contributed by atoms with E-state index in [9.17, 15) is 13.2 Å². The van der Waals surface area contributed by atoms with E-state index in [4.69, 9.17) is 18.9 Å². The molecule has 0 aromatic heterocycles. The van der Waals surface area contributed by atoms with Crippen molar-refractivity contribution < 1.29 is 32.2 Å². The van der Waals surface area contributed by atoms with Crippen molar-refractivity contribution in [3.63, 3.8) is 0 Å². The zero-order valence-electron chi connectivity index (χ0n) is 16.8. The molecule has 0 N–H and O–H groups in total. The smallest absolute Gasteiger partial charge is 0.343 e. The first kappa shape index (κ1) is 20.5. The van der Waals surface area contributed by atoms with E-state index >= 15 is 0 Å². The molecule has 0 fully saturated rings. The van der Waals surface area contributed by atoms with Gasteiger partial charge in [-0.05, 0) is 48.5 Å². The van der Waals surface area contributed by atoms with Crippen LogP contribution in [0.2, 0.25) is 0 Å². The molecule has 160 valence electrons. The molecule has 1 aliphatic heterocycles. The minimum atomic E-state index is -3.86.